The van der Waals surface area contributed by atoms with E-state index in [1.165, 1.54) is 0 Å². The van der Waals surface area contributed by atoms with Crippen LogP contribution >= 0.6 is 7.81 Å². The van der Waals surface area contributed by atoms with E-state index in [1.807, 2.05) is 28.2 Å². The molecule has 0 atom stereocenters. The van der Waals surface area contributed by atoms with Gasteiger partial charge in [-0.2, -0.15) is 9.88 Å². The van der Waals surface area contributed by atoms with Crippen molar-refractivity contribution in [1.82, 2.24) is 25.0 Å². The van der Waals surface area contributed by atoms with E-state index in [-0.39, 0.29) is 0 Å². The molecule has 0 radical (unpaired) electrons. The van der Waals surface area contributed by atoms with Gasteiger partial charge in [-0.3, -0.25) is 0 Å². The second-order valence-corrected chi connectivity index (χ2v) is 6.91. The molecule has 2 rings (SSSR count). The van der Waals surface area contributed by atoms with E-state index in [0.29, 0.717) is 17.2 Å². The van der Waals surface area contributed by atoms with Gasteiger partial charge in [-0.15, -0.1) is 5.10 Å². The van der Waals surface area contributed by atoms with Crippen LogP contribution in [-0.2, 0) is 4.89 Å². The zero-order valence-corrected chi connectivity index (χ0v) is 14.3. The van der Waals surface area contributed by atoms with Crippen LogP contribution in [0.3, 0.4) is 0 Å². The monoisotopic (exact) mass is 396 g/mol. The molecule has 8 nitrogen and oxygen atoms in total. The first kappa shape index (κ1) is 20.7. The van der Waals surface area contributed by atoms with Crippen molar-refractivity contribution < 1.29 is 39.6 Å². The van der Waals surface area contributed by atoms with Crippen molar-refractivity contribution in [3.8, 4) is 0 Å². The van der Waals surface area contributed by atoms with Gasteiger partial charge in [0.2, 0.25) is 5.65 Å². The number of pyridine rings is 1. The van der Waals surface area contributed by atoms with Crippen molar-refractivity contribution in [1.29, 1.82) is 0 Å². The van der Waals surface area contributed by atoms with Gasteiger partial charge in [0.25, 0.3) is 0 Å². The average molecular weight is 396 g/mol. The van der Waals surface area contributed by atoms with Crippen LogP contribution in [-0.4, -0.2) is 63.8 Å². The zero-order valence-electron chi connectivity index (χ0n) is 13.4. The SMILES string of the molecule is CN(C)C(OOn1nnc2cccnc21)=[N+](C)C.F[P-](F)(F)(F)(F)F. The van der Waals surface area contributed by atoms with Gasteiger partial charge in [-0.1, -0.05) is 0 Å². The van der Waals surface area contributed by atoms with E-state index < -0.39 is 7.81 Å². The first-order chi connectivity index (χ1) is 11.0. The fraction of sp³-hybridized carbons (Fsp3) is 0.400. The molecule has 144 valence electrons. The molecular weight excluding hydrogens is 381 g/mol. The predicted octanol–water partition coefficient (Wildman–Crippen LogP) is 2.76. The van der Waals surface area contributed by atoms with Gasteiger partial charge in [0.05, 0.1) is 28.2 Å². The summed E-state index contributed by atoms with van der Waals surface area (Å²) in [6.45, 7) is 0. The minimum atomic E-state index is -10.7. The van der Waals surface area contributed by atoms with E-state index in [0.717, 1.165) is 4.85 Å². The van der Waals surface area contributed by atoms with Crippen LogP contribution in [0.4, 0.5) is 25.2 Å². The Balaban J connectivity index is 0.000000381. The van der Waals surface area contributed by atoms with Crippen molar-refractivity contribution in [2.45, 2.75) is 0 Å². The minimum absolute atomic E-state index is 0.495. The number of amidine groups is 1. The predicted molar refractivity (Wildman–Crippen MR) is 77.4 cm³/mol. The second-order valence-electron chi connectivity index (χ2n) is 5.00. The van der Waals surface area contributed by atoms with E-state index >= 15 is 0 Å². The Morgan fingerprint density at radius 3 is 2.20 bits per heavy atom. The molecule has 15 heteroatoms. The molecule has 0 aliphatic heterocycles. The molecule has 2 heterocycles. The molecule has 0 unspecified atom stereocenters. The fourth-order valence-corrected chi connectivity index (χ4v) is 1.41. The summed E-state index contributed by atoms with van der Waals surface area (Å²) < 4.78 is 61.0. The summed E-state index contributed by atoms with van der Waals surface area (Å²) in [4.78, 5) is 17.3. The van der Waals surface area contributed by atoms with Crippen LogP contribution in [0.15, 0.2) is 18.3 Å². The Kier molecular flexibility index (Phi) is 5.10. The van der Waals surface area contributed by atoms with Crippen molar-refractivity contribution in [2.75, 3.05) is 28.2 Å². The molecule has 0 fully saturated rings. The molecular formula is C10H15F6N6O2P. The average Bonchev–Trinajstić information content (AvgIpc) is 2.78. The maximum absolute atomic E-state index is 10.7. The van der Waals surface area contributed by atoms with Gasteiger partial charge in [0, 0.05) is 6.20 Å². The molecule has 2 aromatic heterocycles. The fourth-order valence-electron chi connectivity index (χ4n) is 1.41. The van der Waals surface area contributed by atoms with Crippen LogP contribution in [0.25, 0.3) is 11.2 Å². The van der Waals surface area contributed by atoms with Crippen molar-refractivity contribution >= 4 is 25.0 Å². The molecule has 0 bridgehead atoms. The van der Waals surface area contributed by atoms with Crippen LogP contribution in [0.1, 0.15) is 0 Å². The molecule has 0 spiro atoms. The summed E-state index contributed by atoms with van der Waals surface area (Å²) in [5.74, 6) is 0. The molecule has 25 heavy (non-hydrogen) atoms. The van der Waals surface area contributed by atoms with E-state index in [1.54, 1.807) is 27.8 Å². The molecule has 0 saturated heterocycles. The second kappa shape index (κ2) is 6.17. The Morgan fingerprint density at radius 2 is 1.72 bits per heavy atom. The molecule has 0 aliphatic carbocycles. The Bertz CT molecular complexity index is 759. The normalized spacial score (nSPS) is 13.8. The Hall–Kier alpha value is -2.37. The van der Waals surface area contributed by atoms with Crippen LogP contribution in [0.5, 0.6) is 0 Å². The first-order valence-electron chi connectivity index (χ1n) is 6.34. The summed E-state index contributed by atoms with van der Waals surface area (Å²) in [5.41, 5.74) is 1.13. The van der Waals surface area contributed by atoms with Crippen LogP contribution < -0.4 is 4.99 Å². The van der Waals surface area contributed by atoms with Crippen molar-refractivity contribution in [3.05, 3.63) is 18.3 Å². The quantitative estimate of drug-likeness (QED) is 0.148. The van der Waals surface area contributed by atoms with Gasteiger partial charge in [0.1, 0.15) is 5.52 Å². The van der Waals surface area contributed by atoms with Crippen LogP contribution in [0.2, 0.25) is 0 Å². The van der Waals surface area contributed by atoms with E-state index in [4.69, 9.17) is 9.88 Å². The number of hydrogen-bond acceptors (Lipinski definition) is 5. The third kappa shape index (κ3) is 8.88. The number of halogens is 6. The molecule has 0 saturated carbocycles. The number of aromatic nitrogens is 4. The van der Waals surface area contributed by atoms with Gasteiger partial charge < -0.3 is 0 Å². The molecule has 0 aromatic carbocycles. The van der Waals surface area contributed by atoms with E-state index in [2.05, 4.69) is 15.3 Å². The topological polar surface area (TPSA) is 68.3 Å². The van der Waals surface area contributed by atoms with Gasteiger partial charge in [-0.25, -0.2) is 14.5 Å². The van der Waals surface area contributed by atoms with Gasteiger partial charge in [-0.05, 0) is 22.2 Å². The van der Waals surface area contributed by atoms with E-state index in [9.17, 15) is 25.2 Å². The summed E-state index contributed by atoms with van der Waals surface area (Å²) in [6, 6.07) is 4.09. The van der Waals surface area contributed by atoms with Crippen molar-refractivity contribution in [2.24, 2.45) is 0 Å². The molecule has 0 aliphatic rings. The summed E-state index contributed by atoms with van der Waals surface area (Å²) in [7, 11) is -3.28. The summed E-state index contributed by atoms with van der Waals surface area (Å²) in [6.07, 6.45) is 1.63. The summed E-state index contributed by atoms with van der Waals surface area (Å²) >= 11 is 0. The number of hydrogen-bond donors (Lipinski definition) is 0. The van der Waals surface area contributed by atoms with Gasteiger partial charge in [0.15, 0.2) is 0 Å². The maximum atomic E-state index is 9.87. The van der Waals surface area contributed by atoms with Crippen LogP contribution in [0, 0.1) is 0 Å². The third-order valence-electron chi connectivity index (χ3n) is 2.13. The molecule has 2 aromatic rings. The first-order valence-corrected chi connectivity index (χ1v) is 8.37. The molecule has 0 N–H and O–H groups in total. The van der Waals surface area contributed by atoms with Gasteiger partial charge >= 0.3 is 39.0 Å². The third-order valence-corrected chi connectivity index (χ3v) is 2.13. The number of rotatable bonds is 2. The summed E-state index contributed by atoms with van der Waals surface area (Å²) in [5, 5.41) is 7.69. The molecule has 0 amide bonds. The zero-order chi connectivity index (χ0) is 19.5. The Morgan fingerprint density at radius 1 is 1.16 bits per heavy atom. The Labute approximate surface area is 137 Å². The van der Waals surface area contributed by atoms with Crippen molar-refractivity contribution in [3.63, 3.8) is 0 Å². The number of nitrogens with zero attached hydrogens (tertiary/aromatic N) is 6. The number of fused-ring (bicyclic) bond motifs is 1. The standard InChI is InChI=1S/C10H15N6O2.F6P/c1-14(2)10(15(3)4)17-18-16-9-8(12-13-16)6-5-7-11-9;1-7(2,3,4,5)6/h5-7H,1-4H3;/q+1;-1.